The van der Waals surface area contributed by atoms with E-state index in [9.17, 15) is 0 Å². The van der Waals surface area contributed by atoms with Crippen LogP contribution in [0.15, 0.2) is 36.4 Å². The van der Waals surface area contributed by atoms with Crippen LogP contribution in [0.4, 0.5) is 0 Å². The highest BCUT2D eigenvalue weighted by Crippen LogP contribution is 2.49. The molecule has 4 nitrogen and oxygen atoms in total. The molecule has 2 aromatic rings. The minimum atomic E-state index is 0.601. The maximum Gasteiger partial charge on any atom is 0.172 e. The van der Waals surface area contributed by atoms with E-state index >= 15 is 0 Å². The summed E-state index contributed by atoms with van der Waals surface area (Å²) in [6, 6.07) is 11.6. The van der Waals surface area contributed by atoms with Gasteiger partial charge >= 0.3 is 0 Å². The maximum absolute atomic E-state index is 5.50. The van der Waals surface area contributed by atoms with Crippen LogP contribution < -0.4 is 18.9 Å². The minimum absolute atomic E-state index is 0.601. The molecule has 0 amide bonds. The number of hydrogen-bond donors (Lipinski definition) is 0. The van der Waals surface area contributed by atoms with Crippen LogP contribution in [-0.4, -0.2) is 28.4 Å². The average Bonchev–Trinajstić information content (AvgIpc) is 2.53. The fourth-order valence-corrected chi connectivity index (χ4v) is 2.18. The molecule has 0 aromatic heterocycles. The Morgan fingerprint density at radius 1 is 0.650 bits per heavy atom. The summed E-state index contributed by atoms with van der Waals surface area (Å²) in [4.78, 5) is 0. The van der Waals surface area contributed by atoms with Crippen LogP contribution in [0.25, 0.3) is 11.1 Å². The van der Waals surface area contributed by atoms with Crippen molar-refractivity contribution in [1.29, 1.82) is 0 Å². The van der Waals surface area contributed by atoms with E-state index < -0.39 is 0 Å². The van der Waals surface area contributed by atoms with Crippen molar-refractivity contribution < 1.29 is 18.9 Å². The van der Waals surface area contributed by atoms with E-state index in [1.54, 1.807) is 34.5 Å². The molecule has 2 rings (SSSR count). The van der Waals surface area contributed by atoms with Gasteiger partial charge in [0.05, 0.1) is 34.0 Å². The lowest BCUT2D eigenvalue weighted by atomic mass is 10.0. The standard InChI is InChI=1S/C16H18O4/c1-17-12-10-13(18-2)16(20-4)14(15(12)19-3)11-8-6-5-7-9-11/h5-10H,1-4H3. The molecule has 0 fully saturated rings. The van der Waals surface area contributed by atoms with Gasteiger partial charge in [-0.25, -0.2) is 0 Å². The van der Waals surface area contributed by atoms with E-state index in [0.29, 0.717) is 23.0 Å². The van der Waals surface area contributed by atoms with Crippen LogP contribution in [0.3, 0.4) is 0 Å². The third kappa shape index (κ3) is 2.37. The van der Waals surface area contributed by atoms with E-state index in [4.69, 9.17) is 18.9 Å². The van der Waals surface area contributed by atoms with E-state index in [-0.39, 0.29) is 0 Å². The summed E-state index contributed by atoms with van der Waals surface area (Å²) in [5.74, 6) is 2.45. The summed E-state index contributed by atoms with van der Waals surface area (Å²) >= 11 is 0. The van der Waals surface area contributed by atoms with Crippen LogP contribution in [-0.2, 0) is 0 Å². The molecule has 0 spiro atoms. The van der Waals surface area contributed by atoms with Crippen molar-refractivity contribution in [3.63, 3.8) is 0 Å². The minimum Gasteiger partial charge on any atom is -0.493 e. The molecule has 20 heavy (non-hydrogen) atoms. The highest BCUT2D eigenvalue weighted by Gasteiger charge is 2.22. The Morgan fingerprint density at radius 3 is 1.55 bits per heavy atom. The van der Waals surface area contributed by atoms with E-state index in [2.05, 4.69) is 0 Å². The van der Waals surface area contributed by atoms with Gasteiger partial charge in [0.1, 0.15) is 0 Å². The van der Waals surface area contributed by atoms with Crippen LogP contribution >= 0.6 is 0 Å². The molecular formula is C16H18O4. The van der Waals surface area contributed by atoms with Gasteiger partial charge in [-0.3, -0.25) is 0 Å². The lowest BCUT2D eigenvalue weighted by Gasteiger charge is -2.19. The van der Waals surface area contributed by atoms with Gasteiger partial charge in [-0.15, -0.1) is 0 Å². The number of hydrogen-bond acceptors (Lipinski definition) is 4. The first-order chi connectivity index (χ1) is 9.76. The quantitative estimate of drug-likeness (QED) is 0.837. The first-order valence-corrected chi connectivity index (χ1v) is 6.19. The molecule has 4 heteroatoms. The summed E-state index contributed by atoms with van der Waals surface area (Å²) in [7, 11) is 6.41. The van der Waals surface area contributed by atoms with E-state index in [1.807, 2.05) is 30.3 Å². The van der Waals surface area contributed by atoms with Crippen LogP contribution in [0.2, 0.25) is 0 Å². The van der Waals surface area contributed by atoms with Crippen molar-refractivity contribution in [2.75, 3.05) is 28.4 Å². The number of ether oxygens (including phenoxy) is 4. The zero-order valence-electron chi connectivity index (χ0n) is 12.1. The van der Waals surface area contributed by atoms with Gasteiger partial charge in [0.2, 0.25) is 0 Å². The van der Waals surface area contributed by atoms with Gasteiger partial charge < -0.3 is 18.9 Å². The van der Waals surface area contributed by atoms with Crippen molar-refractivity contribution >= 4 is 0 Å². The molecule has 0 unspecified atom stereocenters. The molecule has 0 bridgehead atoms. The predicted octanol–water partition coefficient (Wildman–Crippen LogP) is 3.39. The Hall–Kier alpha value is -2.36. The van der Waals surface area contributed by atoms with Crippen molar-refractivity contribution in [1.82, 2.24) is 0 Å². The molecule has 0 aliphatic rings. The summed E-state index contributed by atoms with van der Waals surface area (Å²) in [5.41, 5.74) is 1.78. The SMILES string of the molecule is COc1cc(OC)c(OC)c(-c2ccccc2)c1OC. The monoisotopic (exact) mass is 274 g/mol. The lowest BCUT2D eigenvalue weighted by molar-refractivity contribution is 0.331. The Morgan fingerprint density at radius 2 is 1.15 bits per heavy atom. The second kappa shape index (κ2) is 6.19. The first-order valence-electron chi connectivity index (χ1n) is 6.19. The Balaban J connectivity index is 2.80. The molecular weight excluding hydrogens is 256 g/mol. The second-order valence-corrected chi connectivity index (χ2v) is 4.09. The molecule has 0 aliphatic carbocycles. The summed E-state index contributed by atoms with van der Waals surface area (Å²) < 4.78 is 21.8. The number of methoxy groups -OCH3 is 4. The first kappa shape index (κ1) is 14.1. The van der Waals surface area contributed by atoms with Crippen molar-refractivity contribution in [2.45, 2.75) is 0 Å². The summed E-state index contributed by atoms with van der Waals surface area (Å²) in [5, 5.41) is 0. The number of benzene rings is 2. The third-order valence-corrected chi connectivity index (χ3v) is 3.07. The van der Waals surface area contributed by atoms with Crippen molar-refractivity contribution in [3.8, 4) is 34.1 Å². The van der Waals surface area contributed by atoms with Gasteiger partial charge in [-0.1, -0.05) is 30.3 Å². The molecule has 0 N–H and O–H groups in total. The largest absolute Gasteiger partial charge is 0.493 e. The average molecular weight is 274 g/mol. The van der Waals surface area contributed by atoms with Gasteiger partial charge in [-0.05, 0) is 5.56 Å². The lowest BCUT2D eigenvalue weighted by Crippen LogP contribution is -1.99. The highest BCUT2D eigenvalue weighted by atomic mass is 16.5. The highest BCUT2D eigenvalue weighted by molar-refractivity contribution is 5.83. The zero-order chi connectivity index (χ0) is 14.5. The van der Waals surface area contributed by atoms with Crippen molar-refractivity contribution in [3.05, 3.63) is 36.4 Å². The molecule has 0 atom stereocenters. The second-order valence-electron chi connectivity index (χ2n) is 4.09. The molecule has 106 valence electrons. The van der Waals surface area contributed by atoms with Gasteiger partial charge in [-0.2, -0.15) is 0 Å². The number of rotatable bonds is 5. The zero-order valence-corrected chi connectivity index (χ0v) is 12.1. The smallest absolute Gasteiger partial charge is 0.172 e. The fourth-order valence-electron chi connectivity index (χ4n) is 2.18. The Kier molecular flexibility index (Phi) is 4.35. The van der Waals surface area contributed by atoms with E-state index in [1.165, 1.54) is 0 Å². The van der Waals surface area contributed by atoms with Gasteiger partial charge in [0.15, 0.2) is 23.0 Å². The normalized spacial score (nSPS) is 10.0. The van der Waals surface area contributed by atoms with Crippen LogP contribution in [0.1, 0.15) is 0 Å². The molecule has 2 aromatic carbocycles. The predicted molar refractivity (Wildman–Crippen MR) is 78.1 cm³/mol. The molecule has 0 saturated carbocycles. The molecule has 0 radical (unpaired) electrons. The van der Waals surface area contributed by atoms with Gasteiger partial charge in [0.25, 0.3) is 0 Å². The molecule has 0 aliphatic heterocycles. The van der Waals surface area contributed by atoms with Crippen LogP contribution in [0.5, 0.6) is 23.0 Å². The topological polar surface area (TPSA) is 36.9 Å². The summed E-state index contributed by atoms with van der Waals surface area (Å²) in [6.07, 6.45) is 0. The van der Waals surface area contributed by atoms with Crippen LogP contribution in [0, 0.1) is 0 Å². The van der Waals surface area contributed by atoms with Gasteiger partial charge in [0, 0.05) is 6.07 Å². The Bertz CT molecular complexity index is 549. The van der Waals surface area contributed by atoms with E-state index in [0.717, 1.165) is 11.1 Å². The fraction of sp³-hybridized carbons (Fsp3) is 0.250. The molecule has 0 saturated heterocycles. The molecule has 0 heterocycles. The Labute approximate surface area is 118 Å². The third-order valence-electron chi connectivity index (χ3n) is 3.07. The summed E-state index contributed by atoms with van der Waals surface area (Å²) in [6.45, 7) is 0. The van der Waals surface area contributed by atoms with Crippen molar-refractivity contribution in [2.24, 2.45) is 0 Å². The maximum atomic E-state index is 5.50.